The number of nitrogens with zero attached hydrogens (tertiary/aromatic N) is 3. The lowest BCUT2D eigenvalue weighted by Gasteiger charge is -2.69. The van der Waals surface area contributed by atoms with Crippen LogP contribution in [-0.4, -0.2) is 83.7 Å². The van der Waals surface area contributed by atoms with Crippen molar-refractivity contribution in [2.75, 3.05) is 34.2 Å². The molecule has 1 N–H and O–H groups in total. The lowest BCUT2D eigenvalue weighted by Crippen LogP contribution is -2.82. The first-order chi connectivity index (χ1) is 20.8. The van der Waals surface area contributed by atoms with E-state index < -0.39 is 0 Å². The summed E-state index contributed by atoms with van der Waals surface area (Å²) >= 11 is 0. The van der Waals surface area contributed by atoms with E-state index in [-0.39, 0.29) is 34.8 Å². The number of hydrogen-bond donors (Lipinski definition) is 1. The van der Waals surface area contributed by atoms with E-state index >= 15 is 0 Å². The van der Waals surface area contributed by atoms with Crippen LogP contribution in [0.1, 0.15) is 47.1 Å². The van der Waals surface area contributed by atoms with Gasteiger partial charge >= 0.3 is 0 Å². The molecule has 1 amide bonds. The van der Waals surface area contributed by atoms with E-state index in [0.717, 1.165) is 50.8 Å². The van der Waals surface area contributed by atoms with Crippen LogP contribution in [0.4, 0.5) is 0 Å². The lowest BCUT2D eigenvalue weighted by atomic mass is 9.46. The minimum atomic E-state index is -0.316. The molecular weight excluding hydrogens is 534 g/mol. The first-order valence-electron chi connectivity index (χ1n) is 15.8. The average Bonchev–Trinajstić information content (AvgIpc) is 3.36. The molecule has 2 fully saturated rings. The number of aryl methyl sites for hydroxylation is 1. The largest absolute Gasteiger partial charge is 0.504 e. The quantitative estimate of drug-likeness (QED) is 0.391. The van der Waals surface area contributed by atoms with Crippen LogP contribution in [0.15, 0.2) is 72.8 Å². The molecule has 2 bridgehead atoms. The molecule has 224 valence electrons. The van der Waals surface area contributed by atoms with Crippen molar-refractivity contribution in [1.29, 1.82) is 0 Å². The molecule has 0 unspecified atom stereocenters. The number of rotatable bonds is 7. The molecule has 43 heavy (non-hydrogen) atoms. The Hall–Kier alpha value is -3.61. The summed E-state index contributed by atoms with van der Waals surface area (Å²) in [4.78, 5) is 20.8. The van der Waals surface area contributed by atoms with E-state index in [9.17, 15) is 9.90 Å². The van der Waals surface area contributed by atoms with Crippen molar-refractivity contribution in [3.05, 3.63) is 101 Å². The third kappa shape index (κ3) is 4.17. The molecule has 0 radical (unpaired) electrons. The minimum Gasteiger partial charge on any atom is -0.504 e. The van der Waals surface area contributed by atoms with Crippen molar-refractivity contribution in [3.8, 4) is 11.5 Å². The molecule has 0 aromatic heterocycles. The van der Waals surface area contributed by atoms with Gasteiger partial charge < -0.3 is 19.6 Å². The summed E-state index contributed by atoms with van der Waals surface area (Å²) < 4.78 is 6.90. The van der Waals surface area contributed by atoms with Crippen LogP contribution >= 0.6 is 0 Å². The summed E-state index contributed by atoms with van der Waals surface area (Å²) in [5, 5.41) is 11.1. The van der Waals surface area contributed by atoms with Crippen molar-refractivity contribution >= 4 is 12.0 Å². The predicted molar refractivity (Wildman–Crippen MR) is 170 cm³/mol. The zero-order chi connectivity index (χ0) is 29.9. The topological polar surface area (TPSA) is 56.2 Å². The molecule has 2 aliphatic heterocycles. The Morgan fingerprint density at radius 2 is 1.88 bits per heavy atom. The van der Waals surface area contributed by atoms with E-state index in [4.69, 9.17) is 4.74 Å². The summed E-state index contributed by atoms with van der Waals surface area (Å²) in [6, 6.07) is 23.1. The van der Waals surface area contributed by atoms with E-state index in [1.165, 1.54) is 22.3 Å². The molecular formula is C37H43N3O3. The van der Waals surface area contributed by atoms with Gasteiger partial charge in [-0.15, -0.1) is 0 Å². The third-order valence-electron chi connectivity index (χ3n) is 11.2. The fourth-order valence-electron chi connectivity index (χ4n) is 9.33. The van der Waals surface area contributed by atoms with Gasteiger partial charge in [0.25, 0.3) is 0 Å². The smallest absolute Gasteiger partial charge is 0.246 e. The molecule has 1 saturated carbocycles. The zero-order valence-electron chi connectivity index (χ0n) is 25.8. The Labute approximate surface area is 255 Å². The number of hydrogen-bond acceptors (Lipinski definition) is 5. The third-order valence-corrected chi connectivity index (χ3v) is 11.2. The summed E-state index contributed by atoms with van der Waals surface area (Å²) in [7, 11) is 6.39. The van der Waals surface area contributed by atoms with Gasteiger partial charge in [-0.1, -0.05) is 66.2 Å². The first-order valence-corrected chi connectivity index (χ1v) is 15.8. The van der Waals surface area contributed by atoms with E-state index in [0.29, 0.717) is 11.8 Å². The fourth-order valence-corrected chi connectivity index (χ4v) is 9.33. The molecule has 3 aromatic rings. The predicted octanol–water partition coefficient (Wildman–Crippen LogP) is 5.21. The Morgan fingerprint density at radius 1 is 1.07 bits per heavy atom. The highest BCUT2D eigenvalue weighted by atomic mass is 16.5. The normalized spacial score (nSPS) is 29.0. The Bertz CT molecular complexity index is 1570. The van der Waals surface area contributed by atoms with Gasteiger partial charge in [-0.2, -0.15) is 0 Å². The van der Waals surface area contributed by atoms with Crippen LogP contribution in [0.5, 0.6) is 11.5 Å². The van der Waals surface area contributed by atoms with Crippen molar-refractivity contribution in [1.82, 2.24) is 14.7 Å². The molecule has 6 heteroatoms. The number of ether oxygens (including phenoxy) is 1. The fraction of sp³-hybridized carbons (Fsp3) is 0.432. The highest BCUT2D eigenvalue weighted by molar-refractivity contribution is 5.92. The molecule has 4 aliphatic rings. The average molecular weight is 578 g/mol. The maximum atomic E-state index is 13.7. The second-order valence-electron chi connectivity index (χ2n) is 13.3. The van der Waals surface area contributed by atoms with Crippen molar-refractivity contribution in [2.24, 2.45) is 0 Å². The molecule has 2 aliphatic carbocycles. The number of piperidine rings is 1. The second-order valence-corrected chi connectivity index (χ2v) is 13.3. The highest BCUT2D eigenvalue weighted by Crippen LogP contribution is 2.67. The molecule has 7 rings (SSSR count). The first kappa shape index (κ1) is 28.2. The number of likely N-dealkylation sites (tertiary alicyclic amines) is 1. The Balaban J connectivity index is 1.26. The molecule has 1 spiro atoms. The number of benzene rings is 3. The summed E-state index contributed by atoms with van der Waals surface area (Å²) in [6.45, 7) is 4.05. The van der Waals surface area contributed by atoms with Crippen LogP contribution in [0.25, 0.3) is 6.08 Å². The molecule has 6 nitrogen and oxygen atoms in total. The van der Waals surface area contributed by atoms with Crippen LogP contribution in [0, 0.1) is 6.92 Å². The Morgan fingerprint density at radius 3 is 2.65 bits per heavy atom. The van der Waals surface area contributed by atoms with Crippen molar-refractivity contribution < 1.29 is 14.6 Å². The van der Waals surface area contributed by atoms with Gasteiger partial charge in [-0.05, 0) is 88.5 Å². The monoisotopic (exact) mass is 577 g/mol. The van der Waals surface area contributed by atoms with Crippen molar-refractivity contribution in [3.63, 3.8) is 0 Å². The van der Waals surface area contributed by atoms with Gasteiger partial charge in [0.1, 0.15) is 6.10 Å². The minimum absolute atomic E-state index is 0.0167. The molecule has 1 saturated heterocycles. The number of phenolic OH excluding ortho intramolecular Hbond substituents is 1. The lowest BCUT2D eigenvalue weighted by molar-refractivity contribution is -0.160. The van der Waals surface area contributed by atoms with E-state index in [2.05, 4.69) is 79.3 Å². The van der Waals surface area contributed by atoms with Gasteiger partial charge in [0.15, 0.2) is 11.5 Å². The van der Waals surface area contributed by atoms with Gasteiger partial charge in [0.05, 0.1) is 11.5 Å². The molecule has 2 heterocycles. The van der Waals surface area contributed by atoms with E-state index in [1.807, 2.05) is 36.2 Å². The van der Waals surface area contributed by atoms with Crippen LogP contribution in [0.3, 0.4) is 0 Å². The second kappa shape index (κ2) is 10.5. The van der Waals surface area contributed by atoms with Crippen molar-refractivity contribution in [2.45, 2.75) is 68.2 Å². The Kier molecular flexibility index (Phi) is 6.90. The van der Waals surface area contributed by atoms with Gasteiger partial charge in [0, 0.05) is 36.8 Å². The summed E-state index contributed by atoms with van der Waals surface area (Å²) in [5.74, 6) is 0.845. The number of carbonyl (C=O) groups is 1. The van der Waals surface area contributed by atoms with Crippen LogP contribution < -0.4 is 4.74 Å². The maximum absolute atomic E-state index is 13.7. The van der Waals surface area contributed by atoms with Crippen LogP contribution in [0.2, 0.25) is 0 Å². The SMILES string of the molecule is Cc1cccc(C=CC(=O)N(C)[C@H]2CC[C@@]3(N(C)C)[C@H]4Cc5ccc(O)c6c5[C@@]3(CCN4CCc3ccccc3)[C@H]2O6)c1. The van der Waals surface area contributed by atoms with Gasteiger partial charge in [-0.3, -0.25) is 9.69 Å². The van der Waals surface area contributed by atoms with Crippen LogP contribution in [-0.2, 0) is 23.1 Å². The van der Waals surface area contributed by atoms with Gasteiger partial charge in [-0.25, -0.2) is 0 Å². The number of phenols is 1. The highest BCUT2D eigenvalue weighted by Gasteiger charge is 2.74. The summed E-state index contributed by atoms with van der Waals surface area (Å²) in [5.41, 5.74) is 5.56. The summed E-state index contributed by atoms with van der Waals surface area (Å²) in [6.07, 6.45) is 8.08. The molecule has 3 aromatic carbocycles. The number of carbonyl (C=O) groups excluding carboxylic acids is 1. The molecule has 5 atom stereocenters. The number of likely N-dealkylation sites (N-methyl/N-ethyl adjacent to an activating group) is 2. The van der Waals surface area contributed by atoms with E-state index in [1.54, 1.807) is 6.08 Å². The number of amides is 1. The zero-order valence-corrected chi connectivity index (χ0v) is 25.8. The maximum Gasteiger partial charge on any atom is 0.246 e. The number of aromatic hydroxyl groups is 1. The standard InChI is InChI=1S/C37H43N3O3/c1-25-9-8-12-27(23-25)13-16-32(42)39(4)29-17-19-37(38(2)3)31-24-28-14-15-30(41)34-33(28)36(37,35(29)43-34)20-22-40(31)21-18-26-10-6-5-7-11-26/h5-16,23,29,31,35,41H,17-22,24H2,1-4H3/t29-,31+,35-,36-,37+/m0/s1. The van der Waals surface area contributed by atoms with Gasteiger partial charge in [0.2, 0.25) is 5.91 Å².